The molecule has 240 valence electrons. The van der Waals surface area contributed by atoms with Gasteiger partial charge in [0.2, 0.25) is 23.6 Å². The van der Waals surface area contributed by atoms with Crippen LogP contribution in [0.25, 0.3) is 0 Å². The Balaban J connectivity index is 1.36. The standard InChI is InChI=1S/C31H38N6O7S/c38-26-18-23-6-4-5-7-24(23)20-32-27(39)21-37(22-29(41)35-14-16-45(43,44)17-15-35)28(40)19-31(34-26)10-12-36(13-11-31)30(42)33-25-8-2-1-3-9-25/h1-9H,10-22H2,(H,32,39)(H,33,42)(H,34,38). The highest BCUT2D eigenvalue weighted by Crippen LogP contribution is 2.28. The fourth-order valence-electron chi connectivity index (χ4n) is 5.90. The Morgan fingerprint density at radius 3 is 2.16 bits per heavy atom. The van der Waals surface area contributed by atoms with E-state index in [0.29, 0.717) is 5.69 Å². The number of nitrogens with zero attached hydrogens (tertiary/aromatic N) is 3. The molecule has 3 aliphatic heterocycles. The number of sulfone groups is 1. The van der Waals surface area contributed by atoms with Gasteiger partial charge >= 0.3 is 6.03 Å². The molecule has 3 aliphatic rings. The van der Waals surface area contributed by atoms with Gasteiger partial charge in [-0.2, -0.15) is 0 Å². The minimum absolute atomic E-state index is 0.0209. The summed E-state index contributed by atoms with van der Waals surface area (Å²) >= 11 is 0. The van der Waals surface area contributed by atoms with Crippen molar-refractivity contribution >= 4 is 45.2 Å². The van der Waals surface area contributed by atoms with Crippen LogP contribution in [0.15, 0.2) is 54.6 Å². The number of carbonyl (C=O) groups is 5. The highest BCUT2D eigenvalue weighted by Gasteiger charge is 2.41. The molecule has 0 radical (unpaired) electrons. The summed E-state index contributed by atoms with van der Waals surface area (Å²) in [6.45, 7) is -0.0685. The average Bonchev–Trinajstić information content (AvgIpc) is 3.01. The van der Waals surface area contributed by atoms with Crippen molar-refractivity contribution in [2.45, 2.75) is 37.8 Å². The van der Waals surface area contributed by atoms with Crippen molar-refractivity contribution in [3.05, 3.63) is 65.7 Å². The van der Waals surface area contributed by atoms with E-state index < -0.39 is 39.6 Å². The van der Waals surface area contributed by atoms with Crippen LogP contribution in [-0.4, -0.2) is 109 Å². The van der Waals surface area contributed by atoms with E-state index in [1.165, 1.54) is 9.80 Å². The molecule has 2 fully saturated rings. The van der Waals surface area contributed by atoms with Crippen LogP contribution in [0.4, 0.5) is 10.5 Å². The van der Waals surface area contributed by atoms with Gasteiger partial charge in [-0.25, -0.2) is 13.2 Å². The van der Waals surface area contributed by atoms with E-state index in [1.54, 1.807) is 17.0 Å². The summed E-state index contributed by atoms with van der Waals surface area (Å²) in [6, 6.07) is 16.0. The molecular formula is C31H38N6O7S. The minimum atomic E-state index is -3.22. The van der Waals surface area contributed by atoms with Crippen molar-refractivity contribution in [2.75, 3.05) is 56.1 Å². The number of hydrogen-bond donors (Lipinski definition) is 3. The lowest BCUT2D eigenvalue weighted by Gasteiger charge is -2.43. The Bertz CT molecular complexity index is 1540. The average molecular weight is 639 g/mol. The predicted molar refractivity (Wildman–Crippen MR) is 166 cm³/mol. The van der Waals surface area contributed by atoms with E-state index >= 15 is 0 Å². The number of hydrogen-bond acceptors (Lipinski definition) is 7. The minimum Gasteiger partial charge on any atom is -0.350 e. The van der Waals surface area contributed by atoms with Crippen LogP contribution in [0, 0.1) is 0 Å². The number of rotatable bonds is 3. The number of para-hydroxylation sites is 1. The van der Waals surface area contributed by atoms with Crippen LogP contribution < -0.4 is 16.0 Å². The smallest absolute Gasteiger partial charge is 0.321 e. The van der Waals surface area contributed by atoms with Gasteiger partial charge < -0.3 is 30.7 Å². The Hall–Kier alpha value is -4.46. The Morgan fingerprint density at radius 2 is 1.47 bits per heavy atom. The van der Waals surface area contributed by atoms with Crippen LogP contribution in [0.1, 0.15) is 30.4 Å². The number of benzene rings is 2. The molecule has 13 nitrogen and oxygen atoms in total. The largest absolute Gasteiger partial charge is 0.350 e. The van der Waals surface area contributed by atoms with Gasteiger partial charge in [0.1, 0.15) is 13.1 Å². The van der Waals surface area contributed by atoms with Crippen molar-refractivity contribution < 1.29 is 32.4 Å². The van der Waals surface area contributed by atoms with Crippen LogP contribution >= 0.6 is 0 Å². The lowest BCUT2D eigenvalue weighted by atomic mass is 9.83. The zero-order valence-electron chi connectivity index (χ0n) is 25.0. The van der Waals surface area contributed by atoms with Gasteiger partial charge in [0.25, 0.3) is 0 Å². The van der Waals surface area contributed by atoms with E-state index in [4.69, 9.17) is 0 Å². The van der Waals surface area contributed by atoms with Gasteiger partial charge in [-0.3, -0.25) is 19.2 Å². The molecule has 3 heterocycles. The third kappa shape index (κ3) is 8.38. The normalized spacial score (nSPS) is 20.5. The maximum atomic E-state index is 13.9. The van der Waals surface area contributed by atoms with Crippen LogP contribution in [0.3, 0.4) is 0 Å². The van der Waals surface area contributed by atoms with Crippen molar-refractivity contribution in [2.24, 2.45) is 0 Å². The second kappa shape index (κ2) is 13.7. The third-order valence-electron chi connectivity index (χ3n) is 8.58. The molecule has 14 heteroatoms. The summed E-state index contributed by atoms with van der Waals surface area (Å²) in [6.07, 6.45) is 0.433. The molecule has 0 bridgehead atoms. The number of fused-ring (bicyclic) bond motifs is 1. The van der Waals surface area contributed by atoms with Crippen molar-refractivity contribution in [3.63, 3.8) is 0 Å². The lowest BCUT2D eigenvalue weighted by molar-refractivity contribution is -0.144. The predicted octanol–water partition coefficient (Wildman–Crippen LogP) is 0.518. The summed E-state index contributed by atoms with van der Waals surface area (Å²) in [4.78, 5) is 70.7. The molecule has 45 heavy (non-hydrogen) atoms. The number of anilines is 1. The quantitative estimate of drug-likeness (QED) is 0.441. The topological polar surface area (TPSA) is 165 Å². The second-order valence-corrected chi connectivity index (χ2v) is 14.1. The maximum absolute atomic E-state index is 13.9. The molecule has 0 unspecified atom stereocenters. The first kappa shape index (κ1) is 31.9. The first-order valence-corrected chi connectivity index (χ1v) is 16.8. The first-order valence-electron chi connectivity index (χ1n) is 15.0. The molecule has 2 aromatic carbocycles. The molecule has 0 aromatic heterocycles. The number of carbonyl (C=O) groups excluding carboxylic acids is 5. The van der Waals surface area contributed by atoms with Crippen molar-refractivity contribution in [3.8, 4) is 0 Å². The van der Waals surface area contributed by atoms with Gasteiger partial charge in [0, 0.05) is 38.4 Å². The van der Waals surface area contributed by atoms with Crippen LogP contribution in [0.2, 0.25) is 0 Å². The highest BCUT2D eigenvalue weighted by molar-refractivity contribution is 7.91. The molecule has 5 rings (SSSR count). The van der Waals surface area contributed by atoms with E-state index in [9.17, 15) is 32.4 Å². The first-order chi connectivity index (χ1) is 21.5. The zero-order valence-corrected chi connectivity index (χ0v) is 25.8. The van der Waals surface area contributed by atoms with Gasteiger partial charge in [-0.05, 0) is 36.1 Å². The fourth-order valence-corrected chi connectivity index (χ4v) is 7.11. The van der Waals surface area contributed by atoms with Crippen LogP contribution in [0.5, 0.6) is 0 Å². The Kier molecular flexibility index (Phi) is 9.71. The number of urea groups is 1. The Labute approximate surface area is 262 Å². The van der Waals surface area contributed by atoms with Crippen LogP contribution in [-0.2, 0) is 42.0 Å². The van der Waals surface area contributed by atoms with Gasteiger partial charge in [-0.15, -0.1) is 0 Å². The second-order valence-electron chi connectivity index (χ2n) is 11.8. The summed E-state index contributed by atoms with van der Waals surface area (Å²) in [5, 5.41) is 8.76. The third-order valence-corrected chi connectivity index (χ3v) is 10.2. The maximum Gasteiger partial charge on any atom is 0.321 e. The molecule has 3 N–H and O–H groups in total. The Morgan fingerprint density at radius 1 is 0.822 bits per heavy atom. The number of nitrogens with one attached hydrogen (secondary N) is 3. The summed E-state index contributed by atoms with van der Waals surface area (Å²) in [5.74, 6) is -2.02. The summed E-state index contributed by atoms with van der Waals surface area (Å²) < 4.78 is 23.7. The summed E-state index contributed by atoms with van der Waals surface area (Å²) in [5.41, 5.74) is 1.13. The number of likely N-dealkylation sites (tertiary alicyclic amines) is 1. The molecule has 2 saturated heterocycles. The number of piperidine rings is 1. The van der Waals surface area contributed by atoms with E-state index in [-0.39, 0.29) is 88.4 Å². The molecule has 0 saturated carbocycles. The molecule has 0 atom stereocenters. The highest BCUT2D eigenvalue weighted by atomic mass is 32.2. The van der Waals surface area contributed by atoms with E-state index in [0.717, 1.165) is 11.1 Å². The molecule has 0 aliphatic carbocycles. The van der Waals surface area contributed by atoms with Crippen molar-refractivity contribution in [1.82, 2.24) is 25.3 Å². The molecular weight excluding hydrogens is 600 g/mol. The van der Waals surface area contributed by atoms with Gasteiger partial charge in [0.05, 0.1) is 29.9 Å². The fraction of sp³-hybridized carbons (Fsp3) is 0.452. The molecule has 2 aromatic rings. The van der Waals surface area contributed by atoms with E-state index in [2.05, 4.69) is 16.0 Å². The van der Waals surface area contributed by atoms with Gasteiger partial charge in [-0.1, -0.05) is 42.5 Å². The zero-order chi connectivity index (χ0) is 32.0. The molecule has 6 amide bonds. The molecule has 1 spiro atoms. The van der Waals surface area contributed by atoms with Gasteiger partial charge in [0.15, 0.2) is 9.84 Å². The lowest BCUT2D eigenvalue weighted by Crippen LogP contribution is -2.59. The SMILES string of the molecule is O=C1CN(CC(=O)N2CCS(=O)(=O)CC2)C(=O)CC2(CCN(C(=O)Nc3ccccc3)CC2)NC(=O)Cc2ccccc2CN1. The van der Waals surface area contributed by atoms with Crippen molar-refractivity contribution in [1.29, 1.82) is 0 Å². The number of amides is 6. The van der Waals surface area contributed by atoms with E-state index in [1.807, 2.05) is 42.5 Å². The monoisotopic (exact) mass is 638 g/mol. The summed E-state index contributed by atoms with van der Waals surface area (Å²) in [7, 11) is -3.22.